The van der Waals surface area contributed by atoms with Crippen LogP contribution in [0.3, 0.4) is 0 Å². The molecule has 1 unspecified atom stereocenters. The first kappa shape index (κ1) is 57.4. The fourth-order valence-corrected chi connectivity index (χ4v) is 7.96. The van der Waals surface area contributed by atoms with Crippen LogP contribution in [0.2, 0.25) is 0 Å². The number of unbranched alkanes of at least 4 members (excludes halogenated alkanes) is 31. The Morgan fingerprint density at radius 2 is 0.644 bits per heavy atom. The van der Waals surface area contributed by atoms with E-state index in [1.54, 1.807) is 0 Å². The monoisotopic (exact) mass is 835 g/mol. The van der Waals surface area contributed by atoms with Gasteiger partial charge in [-0.3, -0.25) is 14.4 Å². The van der Waals surface area contributed by atoms with Crippen LogP contribution >= 0.6 is 0 Å². The normalized spacial score (nSPS) is 12.5. The van der Waals surface area contributed by atoms with Gasteiger partial charge in [-0.15, -0.1) is 0 Å². The van der Waals surface area contributed by atoms with Crippen molar-refractivity contribution in [2.45, 2.75) is 298 Å². The molecule has 0 aliphatic heterocycles. The molecule has 2 atom stereocenters. The van der Waals surface area contributed by atoms with Crippen LogP contribution in [0.5, 0.6) is 0 Å². The lowest BCUT2D eigenvalue weighted by atomic mass is 10.00. The molecule has 0 bridgehead atoms. The van der Waals surface area contributed by atoms with Crippen LogP contribution in [0.15, 0.2) is 0 Å². The molecule has 0 spiro atoms. The van der Waals surface area contributed by atoms with Gasteiger partial charge in [-0.2, -0.15) is 0 Å². The van der Waals surface area contributed by atoms with Crippen molar-refractivity contribution in [1.82, 2.24) is 0 Å². The Hall–Kier alpha value is -1.59. The summed E-state index contributed by atoms with van der Waals surface area (Å²) in [5.41, 5.74) is 0. The fourth-order valence-electron chi connectivity index (χ4n) is 7.96. The zero-order valence-electron chi connectivity index (χ0n) is 40.4. The van der Waals surface area contributed by atoms with Gasteiger partial charge in [-0.25, -0.2) is 0 Å². The molecule has 0 aromatic carbocycles. The van der Waals surface area contributed by atoms with Gasteiger partial charge in [-0.05, 0) is 31.1 Å². The van der Waals surface area contributed by atoms with Gasteiger partial charge in [-0.1, -0.05) is 253 Å². The van der Waals surface area contributed by atoms with Crippen molar-refractivity contribution >= 4 is 17.9 Å². The predicted molar refractivity (Wildman–Crippen MR) is 252 cm³/mol. The number of ether oxygens (including phenoxy) is 3. The van der Waals surface area contributed by atoms with Crippen molar-refractivity contribution in [3.05, 3.63) is 0 Å². The SMILES string of the molecule is CCCCCCCCCCCCCCCCC(=O)O[C@H](COC(=O)CCCCCCCCCCCCCCCCC(C)C)COC(=O)CCCCCCCCC(C)CC. The lowest BCUT2D eigenvalue weighted by molar-refractivity contribution is -0.167. The maximum atomic E-state index is 12.8. The molecule has 350 valence electrons. The summed E-state index contributed by atoms with van der Waals surface area (Å²) in [5, 5.41) is 0. The highest BCUT2D eigenvalue weighted by atomic mass is 16.6. The fraction of sp³-hybridized carbons (Fsp3) is 0.943. The first-order chi connectivity index (χ1) is 28.8. The Labute approximate surface area is 368 Å². The minimum absolute atomic E-state index is 0.0641. The summed E-state index contributed by atoms with van der Waals surface area (Å²) in [7, 11) is 0. The van der Waals surface area contributed by atoms with Gasteiger partial charge in [0.05, 0.1) is 0 Å². The standard InChI is InChI=1S/C53H102O6/c1-6-8-9-10-11-12-13-14-18-22-25-28-35-40-45-53(56)59-50(47-58-52(55)44-39-34-30-29-32-37-42-49(5)7-2)46-57-51(54)43-38-33-27-24-21-19-16-15-17-20-23-26-31-36-41-48(3)4/h48-50H,6-47H2,1-5H3/t49?,50-/m1/s1. The third kappa shape index (κ3) is 45.8. The first-order valence-electron chi connectivity index (χ1n) is 26.3. The highest BCUT2D eigenvalue weighted by molar-refractivity contribution is 5.71. The molecule has 0 N–H and O–H groups in total. The van der Waals surface area contributed by atoms with E-state index in [1.807, 2.05) is 0 Å². The van der Waals surface area contributed by atoms with Gasteiger partial charge in [0.15, 0.2) is 6.10 Å². The van der Waals surface area contributed by atoms with Crippen molar-refractivity contribution in [2.75, 3.05) is 13.2 Å². The summed E-state index contributed by atoms with van der Waals surface area (Å²) >= 11 is 0. The molecule has 6 nitrogen and oxygen atoms in total. The molecule has 0 aliphatic carbocycles. The van der Waals surface area contributed by atoms with Gasteiger partial charge in [0, 0.05) is 19.3 Å². The number of carbonyl (C=O) groups excluding carboxylic acids is 3. The molecule has 0 fully saturated rings. The highest BCUT2D eigenvalue weighted by Gasteiger charge is 2.19. The van der Waals surface area contributed by atoms with Gasteiger partial charge < -0.3 is 14.2 Å². The molecular formula is C53H102O6. The third-order valence-electron chi connectivity index (χ3n) is 12.3. The Morgan fingerprint density at radius 3 is 0.966 bits per heavy atom. The molecular weight excluding hydrogens is 733 g/mol. The van der Waals surface area contributed by atoms with Crippen molar-refractivity contribution in [2.24, 2.45) is 11.8 Å². The summed E-state index contributed by atoms with van der Waals surface area (Å²) in [6, 6.07) is 0. The van der Waals surface area contributed by atoms with Crippen molar-refractivity contribution < 1.29 is 28.6 Å². The van der Waals surface area contributed by atoms with E-state index in [9.17, 15) is 14.4 Å². The zero-order chi connectivity index (χ0) is 43.3. The quantitative estimate of drug-likeness (QED) is 0.0345. The summed E-state index contributed by atoms with van der Waals surface area (Å²) < 4.78 is 16.8. The van der Waals surface area contributed by atoms with Crippen LogP contribution in [-0.4, -0.2) is 37.2 Å². The first-order valence-corrected chi connectivity index (χ1v) is 26.3. The molecule has 59 heavy (non-hydrogen) atoms. The number of esters is 3. The van der Waals surface area contributed by atoms with Crippen LogP contribution in [-0.2, 0) is 28.6 Å². The molecule has 0 aromatic heterocycles. The Balaban J connectivity index is 4.28. The van der Waals surface area contributed by atoms with Crippen molar-refractivity contribution in [1.29, 1.82) is 0 Å². The van der Waals surface area contributed by atoms with E-state index in [4.69, 9.17) is 14.2 Å². The molecule has 0 aromatic rings. The molecule has 0 rings (SSSR count). The van der Waals surface area contributed by atoms with E-state index in [0.717, 1.165) is 69.6 Å². The average Bonchev–Trinajstić information content (AvgIpc) is 3.22. The number of carbonyl (C=O) groups is 3. The topological polar surface area (TPSA) is 78.9 Å². The molecule has 0 radical (unpaired) electrons. The molecule has 0 amide bonds. The lowest BCUT2D eigenvalue weighted by Gasteiger charge is -2.18. The van der Waals surface area contributed by atoms with E-state index in [-0.39, 0.29) is 31.1 Å². The lowest BCUT2D eigenvalue weighted by Crippen LogP contribution is -2.30. The second-order valence-electron chi connectivity index (χ2n) is 18.9. The second kappa shape index (κ2) is 45.9. The van der Waals surface area contributed by atoms with Crippen LogP contribution in [0.4, 0.5) is 0 Å². The highest BCUT2D eigenvalue weighted by Crippen LogP contribution is 2.18. The molecule has 0 heterocycles. The largest absolute Gasteiger partial charge is 0.462 e. The van der Waals surface area contributed by atoms with Crippen molar-refractivity contribution in [3.8, 4) is 0 Å². The number of rotatable bonds is 47. The summed E-state index contributed by atoms with van der Waals surface area (Å²) in [6.07, 6.45) is 46.6. The van der Waals surface area contributed by atoms with Crippen molar-refractivity contribution in [3.63, 3.8) is 0 Å². The number of hydrogen-bond acceptors (Lipinski definition) is 6. The minimum atomic E-state index is -0.762. The molecule has 0 aliphatic rings. The van der Waals surface area contributed by atoms with Gasteiger partial charge in [0.2, 0.25) is 0 Å². The minimum Gasteiger partial charge on any atom is -0.462 e. The van der Waals surface area contributed by atoms with Gasteiger partial charge in [0.1, 0.15) is 13.2 Å². The van der Waals surface area contributed by atoms with Crippen LogP contribution < -0.4 is 0 Å². The Morgan fingerprint density at radius 1 is 0.356 bits per heavy atom. The van der Waals surface area contributed by atoms with Gasteiger partial charge in [0.25, 0.3) is 0 Å². The maximum Gasteiger partial charge on any atom is 0.306 e. The van der Waals surface area contributed by atoms with E-state index < -0.39 is 6.10 Å². The predicted octanol–water partition coefficient (Wildman–Crippen LogP) is 16.9. The smallest absolute Gasteiger partial charge is 0.306 e. The van der Waals surface area contributed by atoms with Crippen LogP contribution in [0, 0.1) is 11.8 Å². The summed E-state index contributed by atoms with van der Waals surface area (Å²) in [5.74, 6) is 0.809. The summed E-state index contributed by atoms with van der Waals surface area (Å²) in [6.45, 7) is 11.4. The van der Waals surface area contributed by atoms with E-state index >= 15 is 0 Å². The van der Waals surface area contributed by atoms with Crippen LogP contribution in [0.1, 0.15) is 291 Å². The Kier molecular flexibility index (Phi) is 44.7. The van der Waals surface area contributed by atoms with E-state index in [2.05, 4.69) is 34.6 Å². The molecule has 0 saturated heterocycles. The second-order valence-corrected chi connectivity index (χ2v) is 18.9. The number of hydrogen-bond donors (Lipinski definition) is 0. The Bertz CT molecular complexity index is 902. The van der Waals surface area contributed by atoms with E-state index in [0.29, 0.717) is 19.3 Å². The molecule has 0 saturated carbocycles. The van der Waals surface area contributed by atoms with Gasteiger partial charge >= 0.3 is 17.9 Å². The zero-order valence-corrected chi connectivity index (χ0v) is 40.4. The third-order valence-corrected chi connectivity index (χ3v) is 12.3. The van der Waals surface area contributed by atoms with E-state index in [1.165, 1.54) is 180 Å². The molecule has 6 heteroatoms. The van der Waals surface area contributed by atoms with Crippen LogP contribution in [0.25, 0.3) is 0 Å². The average molecular weight is 835 g/mol. The maximum absolute atomic E-state index is 12.8. The summed E-state index contributed by atoms with van der Waals surface area (Å²) in [4.78, 5) is 37.9.